The van der Waals surface area contributed by atoms with Gasteiger partial charge in [0.15, 0.2) is 5.79 Å². The minimum Gasteiger partial charge on any atom is -0.445 e. The monoisotopic (exact) mass is 1330 g/mol. The molecule has 20 atom stereocenters. The van der Waals surface area contributed by atoms with Crippen LogP contribution in [0.5, 0.6) is 0 Å². The molecule has 0 aliphatic carbocycles. The smallest absolute Gasteiger partial charge is 0.407 e. The number of primary amides is 1. The minimum absolute atomic E-state index is 0.00490. The summed E-state index contributed by atoms with van der Waals surface area (Å²) in [7, 11) is 1.55. The Bertz CT molecular complexity index is 2940. The van der Waals surface area contributed by atoms with E-state index in [0.717, 1.165) is 48.2 Å². The fourth-order valence-corrected chi connectivity index (χ4v) is 15.1. The molecule has 1 aromatic carbocycles. The third-order valence-corrected chi connectivity index (χ3v) is 20.3. The molecule has 26 nitrogen and oxygen atoms in total. The second-order valence-corrected chi connectivity index (χ2v) is 27.8. The molecule has 10 aliphatic rings. The highest BCUT2D eigenvalue weighted by atomic mass is 16.8. The van der Waals surface area contributed by atoms with Crippen LogP contribution in [-0.2, 0) is 82.7 Å². The summed E-state index contributed by atoms with van der Waals surface area (Å²) in [6.07, 6.45) is 6.88. The summed E-state index contributed by atoms with van der Waals surface area (Å²) in [4.78, 5) is 103. The lowest BCUT2D eigenvalue weighted by Crippen LogP contribution is -2.61. The van der Waals surface area contributed by atoms with Gasteiger partial charge in [0.1, 0.15) is 55.0 Å². The summed E-state index contributed by atoms with van der Waals surface area (Å²) in [6, 6.07) is 3.68. The zero-order chi connectivity index (χ0) is 67.7. The van der Waals surface area contributed by atoms with Crippen molar-refractivity contribution in [3.63, 3.8) is 0 Å². The van der Waals surface area contributed by atoms with Gasteiger partial charge in [0.05, 0.1) is 67.6 Å². The third kappa shape index (κ3) is 18.3. The number of nitrogens with zero attached hydrogens (tertiary/aromatic N) is 1. The van der Waals surface area contributed by atoms with Crippen molar-refractivity contribution >= 4 is 53.1 Å². The van der Waals surface area contributed by atoms with Crippen molar-refractivity contribution in [2.24, 2.45) is 23.5 Å². The molecule has 8 N–H and O–H groups in total. The van der Waals surface area contributed by atoms with E-state index in [4.69, 9.17) is 53.1 Å². The summed E-state index contributed by atoms with van der Waals surface area (Å²) in [5, 5.41) is 24.4. The van der Waals surface area contributed by atoms with E-state index in [1.807, 2.05) is 0 Å². The van der Waals surface area contributed by atoms with Crippen molar-refractivity contribution in [2.75, 3.05) is 38.7 Å². The van der Waals surface area contributed by atoms with Crippen molar-refractivity contribution in [3.8, 4) is 0 Å². The summed E-state index contributed by atoms with van der Waals surface area (Å²) in [6.45, 7) is 16.8. The number of nitrogens with two attached hydrogens (primary N) is 1. The van der Waals surface area contributed by atoms with Gasteiger partial charge in [0.25, 0.3) is 11.8 Å². The zero-order valence-corrected chi connectivity index (χ0v) is 55.5. The first-order valence-electron chi connectivity index (χ1n) is 34.3. The topological polar surface area (TPSA) is 339 Å². The van der Waals surface area contributed by atoms with Crippen molar-refractivity contribution in [1.82, 2.24) is 26.2 Å². The number of ether oxygens (including phenoxy) is 10. The number of fused-ring (bicyclic) bond motifs is 1. The van der Waals surface area contributed by atoms with E-state index in [9.17, 15) is 43.5 Å². The molecule has 9 fully saturated rings. The first kappa shape index (κ1) is 71.6. The number of ketones is 1. The van der Waals surface area contributed by atoms with Gasteiger partial charge in [-0.25, -0.2) is 9.59 Å². The first-order valence-corrected chi connectivity index (χ1v) is 34.3. The molecule has 10 aliphatic heterocycles. The summed E-state index contributed by atoms with van der Waals surface area (Å²) < 4.78 is 64.3. The molecule has 0 radical (unpaired) electrons. The number of nitrogens with one attached hydrogen (secondary N) is 5. The predicted molar refractivity (Wildman–Crippen MR) is 342 cm³/mol. The molecule has 8 unspecified atom stereocenters. The average Bonchev–Trinajstić information content (AvgIpc) is 1.55. The standard InChI is InChI=1S/C69H99N7O19/c1-37(2)58(75-55(79)13-9-8-10-27-76-56(80)22-23-57(76)81)66(83)74-50(12-11-26-71-67(70)84)65(82)73-44-16-14-42(15-17-44)35-88-68(85)72-34-46(78)32-53-59(86-7)43(36-87-53)30-45(77)31-48-19-21-52-60(91-48)64-63-62(92-52)61-54(93-63)33-69(94-61,95-64)25-24-49-29-39(4)51(90-49)20-18-47-28-38(3)40(5)41(6)89-47/h14-17,22-23,37-38,41,43,46-54,58-64,78H,4-5,8-13,18-21,24-36H2,1-3,6-7H3,(H,72,85)(H,73,82)(H,74,83)(H,75,79)(H3,70,71,84)/t38-,41-,43?,46?,47?,48-,49?,50?,51?,52+,53-,54-,58+,59-,60+,61?,62+,63?,64+,69+/m1/s1. The maximum absolute atomic E-state index is 13.9. The maximum Gasteiger partial charge on any atom is 0.407 e. The summed E-state index contributed by atoms with van der Waals surface area (Å²) in [5.74, 6) is -3.28. The zero-order valence-electron chi connectivity index (χ0n) is 55.5. The number of methoxy groups -OCH3 is 1. The fraction of sp³-hybridized carbons (Fsp3) is 0.710. The van der Waals surface area contributed by atoms with E-state index < -0.39 is 72.3 Å². The predicted octanol–water partition coefficient (Wildman–Crippen LogP) is 5.15. The molecule has 0 aromatic heterocycles. The lowest BCUT2D eigenvalue weighted by atomic mass is 9.86. The lowest BCUT2D eigenvalue weighted by molar-refractivity contribution is -0.292. The minimum atomic E-state index is -1.08. The number of carbonyl (C=O) groups excluding carboxylic acids is 8. The van der Waals surface area contributed by atoms with Gasteiger partial charge in [-0.15, -0.1) is 0 Å². The Labute approximate surface area is 555 Å². The molecule has 11 rings (SSSR count). The van der Waals surface area contributed by atoms with Crippen molar-refractivity contribution in [2.45, 2.75) is 259 Å². The van der Waals surface area contributed by atoms with Gasteiger partial charge in [-0.1, -0.05) is 52.5 Å². The Morgan fingerprint density at radius 1 is 0.800 bits per heavy atom. The Morgan fingerprint density at radius 2 is 1.55 bits per heavy atom. The van der Waals surface area contributed by atoms with E-state index in [0.29, 0.717) is 62.1 Å². The fourth-order valence-electron chi connectivity index (χ4n) is 15.1. The van der Waals surface area contributed by atoms with Gasteiger partial charge in [0, 0.05) is 89.0 Å². The molecule has 1 aromatic rings. The first-order chi connectivity index (χ1) is 45.5. The number of aliphatic hydroxyl groups excluding tert-OH is 1. The number of amides is 8. The molecule has 10 heterocycles. The SMILES string of the molecule is C=C1CC(CC[C@@]23C[C@H]4OC5[C@@H](O[C@H]6CC[C@H](CC(=O)CC7CO[C@H](CC(O)CNC(=O)OCc8ccc(NC(=O)C(CCCNC(N)=O)NC(=O)[C@@H](NC(=O)CCCCCN9C(=O)C=CC9=O)C(C)C)cc8)[C@@H]7OC)O[C@@H]6[C@@H]5O2)C4O3)OC1CCC1C[C@@H](C)C(=C)[C@@H](C)O1. The van der Waals surface area contributed by atoms with E-state index in [-0.39, 0.29) is 168 Å². The van der Waals surface area contributed by atoms with Crippen molar-refractivity contribution < 1.29 is 90.8 Å². The maximum atomic E-state index is 13.9. The van der Waals surface area contributed by atoms with Gasteiger partial charge in [-0.3, -0.25) is 33.7 Å². The number of aliphatic hydroxyl groups is 1. The molecule has 9 saturated heterocycles. The molecule has 26 heteroatoms. The highest BCUT2D eigenvalue weighted by Crippen LogP contribution is 2.54. The van der Waals surface area contributed by atoms with Crippen LogP contribution in [0, 0.1) is 17.8 Å². The Balaban J connectivity index is 0.622. The number of imide groups is 1. The van der Waals surface area contributed by atoms with Crippen LogP contribution < -0.4 is 32.3 Å². The van der Waals surface area contributed by atoms with Crippen LogP contribution in [0.15, 0.2) is 60.7 Å². The van der Waals surface area contributed by atoms with Crippen LogP contribution in [0.1, 0.15) is 149 Å². The Hall–Kier alpha value is -6.20. The summed E-state index contributed by atoms with van der Waals surface area (Å²) >= 11 is 0. The van der Waals surface area contributed by atoms with Gasteiger partial charge in [0.2, 0.25) is 17.7 Å². The van der Waals surface area contributed by atoms with Gasteiger partial charge >= 0.3 is 12.1 Å². The van der Waals surface area contributed by atoms with E-state index in [1.165, 1.54) is 12.2 Å². The Morgan fingerprint density at radius 3 is 2.28 bits per heavy atom. The summed E-state index contributed by atoms with van der Waals surface area (Å²) in [5.41, 5.74) is 8.47. The molecule has 6 bridgehead atoms. The molecule has 8 amide bonds. The number of Topliss-reactive ketones (excluding diaryl/α,β-unsaturated/α-hetero) is 1. The van der Waals surface area contributed by atoms with Crippen LogP contribution in [0.4, 0.5) is 15.3 Å². The number of urea groups is 1. The third-order valence-electron chi connectivity index (χ3n) is 20.3. The Kier molecular flexibility index (Phi) is 24.4. The number of hydrogen-bond donors (Lipinski definition) is 7. The molecule has 524 valence electrons. The van der Waals surface area contributed by atoms with Crippen LogP contribution in [0.25, 0.3) is 0 Å². The van der Waals surface area contributed by atoms with Crippen molar-refractivity contribution in [3.05, 3.63) is 66.3 Å². The number of unbranched alkanes of at least 4 members (excludes halogenated alkanes) is 2. The molecular formula is C69H99N7O19. The van der Waals surface area contributed by atoms with Crippen LogP contribution in [0.3, 0.4) is 0 Å². The number of carbonyl (C=O) groups is 8. The van der Waals surface area contributed by atoms with Gasteiger partial charge in [-0.2, -0.15) is 0 Å². The second-order valence-electron chi connectivity index (χ2n) is 27.8. The number of anilines is 1. The van der Waals surface area contributed by atoms with Gasteiger partial charge in [-0.05, 0) is 118 Å². The molecular weight excluding hydrogens is 1230 g/mol. The number of alkyl carbamates (subject to hydrolysis) is 1. The molecule has 0 spiro atoms. The highest BCUT2D eigenvalue weighted by molar-refractivity contribution is 6.12. The van der Waals surface area contributed by atoms with Crippen LogP contribution in [0.2, 0.25) is 0 Å². The van der Waals surface area contributed by atoms with Crippen LogP contribution in [-0.4, -0.2) is 200 Å². The second kappa shape index (κ2) is 32.4. The lowest BCUT2D eigenvalue weighted by Gasteiger charge is -2.47. The number of hydrogen-bond acceptors (Lipinski definition) is 19. The molecule has 95 heavy (non-hydrogen) atoms. The van der Waals surface area contributed by atoms with E-state index >= 15 is 0 Å². The van der Waals surface area contributed by atoms with Gasteiger partial charge < -0.3 is 84.8 Å². The highest BCUT2D eigenvalue weighted by Gasteiger charge is 2.69. The average molecular weight is 1330 g/mol. The van der Waals surface area contributed by atoms with E-state index in [2.05, 4.69) is 53.6 Å². The number of benzene rings is 1. The normalized spacial score (nSPS) is 33.0. The largest absolute Gasteiger partial charge is 0.445 e. The van der Waals surface area contributed by atoms with Crippen LogP contribution >= 0.6 is 0 Å². The van der Waals surface area contributed by atoms with Crippen molar-refractivity contribution in [1.29, 1.82) is 0 Å². The molecule has 0 saturated carbocycles. The number of rotatable bonds is 33. The van der Waals surface area contributed by atoms with E-state index in [1.54, 1.807) is 45.2 Å². The quantitative estimate of drug-likeness (QED) is 0.0272.